The average Bonchev–Trinajstić information content (AvgIpc) is 3.16. The van der Waals surface area contributed by atoms with Gasteiger partial charge < -0.3 is 19.9 Å². The number of aromatic nitrogens is 4. The number of aliphatic hydroxyl groups is 1. The van der Waals surface area contributed by atoms with Crippen molar-refractivity contribution in [2.24, 2.45) is 0 Å². The molecule has 0 radical (unpaired) electrons. The van der Waals surface area contributed by atoms with Crippen LogP contribution >= 0.6 is 11.6 Å². The molecule has 0 fully saturated rings. The van der Waals surface area contributed by atoms with Crippen LogP contribution in [0.5, 0.6) is 0 Å². The number of aliphatic hydroxyl groups excluding tert-OH is 1. The maximum atomic E-state index is 11.8. The van der Waals surface area contributed by atoms with E-state index in [-0.39, 0.29) is 18.3 Å². The van der Waals surface area contributed by atoms with Gasteiger partial charge in [0, 0.05) is 23.8 Å². The van der Waals surface area contributed by atoms with Crippen LogP contribution < -0.4 is 5.32 Å². The van der Waals surface area contributed by atoms with Crippen LogP contribution in [0.1, 0.15) is 17.6 Å². The minimum Gasteiger partial charge on any atom is -0.394 e. The lowest BCUT2D eigenvalue weighted by Gasteiger charge is -2.07. The van der Waals surface area contributed by atoms with Crippen LogP contribution in [0.25, 0.3) is 22.4 Å². The summed E-state index contributed by atoms with van der Waals surface area (Å²) in [5, 5.41) is 16.3. The van der Waals surface area contributed by atoms with E-state index < -0.39 is 11.9 Å². The molecule has 0 unspecified atom stereocenters. The molecule has 0 bridgehead atoms. The van der Waals surface area contributed by atoms with Gasteiger partial charge in [0.05, 0.1) is 17.2 Å². The van der Waals surface area contributed by atoms with Gasteiger partial charge in [-0.05, 0) is 13.0 Å². The molecule has 3 aromatic rings. The molecule has 0 aromatic carbocycles. The first-order chi connectivity index (χ1) is 10.6. The number of hydrogen-bond donors (Lipinski definition) is 3. The van der Waals surface area contributed by atoms with Crippen molar-refractivity contribution < 1.29 is 14.4 Å². The number of carbonyl (C=O) groups is 1. The second-order valence-corrected chi connectivity index (χ2v) is 5.08. The SMILES string of the molecule is C[C@H](CO)NC(=O)c1nc(-c2cnc3[nH]ccc3c2Cl)no1. The van der Waals surface area contributed by atoms with E-state index in [1.807, 2.05) is 0 Å². The zero-order valence-electron chi connectivity index (χ0n) is 11.5. The molecule has 0 spiro atoms. The van der Waals surface area contributed by atoms with Crippen LogP contribution in [0.15, 0.2) is 23.0 Å². The quantitative estimate of drug-likeness (QED) is 0.668. The number of H-pyrrole nitrogens is 1. The van der Waals surface area contributed by atoms with Gasteiger partial charge in [-0.25, -0.2) is 4.98 Å². The topological polar surface area (TPSA) is 117 Å². The van der Waals surface area contributed by atoms with Crippen LogP contribution in [-0.4, -0.2) is 43.8 Å². The fourth-order valence-corrected chi connectivity index (χ4v) is 2.17. The number of rotatable bonds is 4. The first kappa shape index (κ1) is 14.5. The molecule has 22 heavy (non-hydrogen) atoms. The van der Waals surface area contributed by atoms with Gasteiger partial charge in [0.25, 0.3) is 0 Å². The number of carbonyl (C=O) groups excluding carboxylic acids is 1. The fraction of sp³-hybridized carbons (Fsp3) is 0.231. The molecule has 0 aliphatic rings. The minimum absolute atomic E-state index is 0.169. The normalized spacial score (nSPS) is 12.5. The van der Waals surface area contributed by atoms with Crippen molar-refractivity contribution >= 4 is 28.5 Å². The standard InChI is InChI=1S/C13H12ClN5O3/c1-6(5-20)17-12(21)13-18-11(19-22-13)8-4-16-10-7(9(8)14)2-3-15-10/h2-4,6,20H,5H2,1H3,(H,15,16)(H,17,21)/t6-/m1/s1. The molecule has 1 amide bonds. The van der Waals surface area contributed by atoms with Crippen LogP contribution in [0.2, 0.25) is 5.02 Å². The Kier molecular flexibility index (Phi) is 3.78. The number of aromatic amines is 1. The summed E-state index contributed by atoms with van der Waals surface area (Å²) in [7, 11) is 0. The van der Waals surface area contributed by atoms with Gasteiger partial charge in [-0.2, -0.15) is 4.98 Å². The average molecular weight is 322 g/mol. The second-order valence-electron chi connectivity index (χ2n) is 4.71. The summed E-state index contributed by atoms with van der Waals surface area (Å²) in [6.07, 6.45) is 3.22. The molecule has 0 aliphatic carbocycles. The highest BCUT2D eigenvalue weighted by atomic mass is 35.5. The third-order valence-electron chi connectivity index (χ3n) is 3.03. The van der Waals surface area contributed by atoms with Crippen LogP contribution in [0, 0.1) is 0 Å². The third-order valence-corrected chi connectivity index (χ3v) is 3.44. The predicted octanol–water partition coefficient (Wildman–Crippen LogP) is 1.38. The van der Waals surface area contributed by atoms with Gasteiger partial charge in [-0.15, -0.1) is 0 Å². The lowest BCUT2D eigenvalue weighted by atomic mass is 10.2. The molecule has 0 saturated heterocycles. The number of nitrogens with one attached hydrogen (secondary N) is 2. The summed E-state index contributed by atoms with van der Waals surface area (Å²) >= 11 is 6.30. The van der Waals surface area contributed by atoms with Gasteiger partial charge in [0.1, 0.15) is 5.65 Å². The van der Waals surface area contributed by atoms with Crippen molar-refractivity contribution in [3.63, 3.8) is 0 Å². The zero-order chi connectivity index (χ0) is 15.7. The number of halogens is 1. The van der Waals surface area contributed by atoms with E-state index in [1.165, 1.54) is 6.20 Å². The molecule has 3 rings (SSSR count). The van der Waals surface area contributed by atoms with E-state index in [0.29, 0.717) is 16.2 Å². The summed E-state index contributed by atoms with van der Waals surface area (Å²) in [6, 6.07) is 1.37. The first-order valence-electron chi connectivity index (χ1n) is 6.47. The van der Waals surface area contributed by atoms with Crippen molar-refractivity contribution in [3.8, 4) is 11.4 Å². The largest absolute Gasteiger partial charge is 0.394 e. The molecule has 3 aromatic heterocycles. The number of amides is 1. The summed E-state index contributed by atoms with van der Waals surface area (Å²) in [5.74, 6) is -0.602. The molecular formula is C13H12ClN5O3. The number of pyridine rings is 1. The monoisotopic (exact) mass is 321 g/mol. The lowest BCUT2D eigenvalue weighted by molar-refractivity contribution is 0.0878. The van der Waals surface area contributed by atoms with E-state index >= 15 is 0 Å². The van der Waals surface area contributed by atoms with E-state index in [1.54, 1.807) is 19.2 Å². The summed E-state index contributed by atoms with van der Waals surface area (Å²) < 4.78 is 4.93. The van der Waals surface area contributed by atoms with Gasteiger partial charge >= 0.3 is 11.8 Å². The minimum atomic E-state index is -0.563. The van der Waals surface area contributed by atoms with Crippen LogP contribution in [0.4, 0.5) is 0 Å². The summed E-state index contributed by atoms with van der Waals surface area (Å²) in [5.41, 5.74) is 1.11. The molecule has 8 nitrogen and oxygen atoms in total. The third kappa shape index (κ3) is 2.53. The molecule has 114 valence electrons. The molecular weight excluding hydrogens is 310 g/mol. The molecule has 0 aliphatic heterocycles. The Morgan fingerprint density at radius 2 is 2.41 bits per heavy atom. The van der Waals surface area contributed by atoms with Crippen molar-refractivity contribution in [2.75, 3.05) is 6.61 Å². The fourth-order valence-electron chi connectivity index (χ4n) is 1.89. The molecule has 9 heteroatoms. The number of fused-ring (bicyclic) bond motifs is 1. The van der Waals surface area contributed by atoms with Gasteiger partial charge in [0.15, 0.2) is 0 Å². The first-order valence-corrected chi connectivity index (χ1v) is 6.85. The van der Waals surface area contributed by atoms with Crippen LogP contribution in [0.3, 0.4) is 0 Å². The van der Waals surface area contributed by atoms with Gasteiger partial charge in [0.2, 0.25) is 5.82 Å². The Morgan fingerprint density at radius 3 is 3.18 bits per heavy atom. The van der Waals surface area contributed by atoms with E-state index in [2.05, 4.69) is 25.4 Å². The second kappa shape index (κ2) is 5.74. The van der Waals surface area contributed by atoms with E-state index in [4.69, 9.17) is 21.2 Å². The van der Waals surface area contributed by atoms with Gasteiger partial charge in [-0.1, -0.05) is 16.8 Å². The molecule has 0 saturated carbocycles. The smallest absolute Gasteiger partial charge is 0.316 e. The molecule has 1 atom stereocenters. The van der Waals surface area contributed by atoms with Gasteiger partial charge in [-0.3, -0.25) is 4.79 Å². The Balaban J connectivity index is 1.92. The Labute approximate surface area is 129 Å². The predicted molar refractivity (Wildman–Crippen MR) is 78.4 cm³/mol. The Bertz CT molecular complexity index is 828. The summed E-state index contributed by atoms with van der Waals surface area (Å²) in [6.45, 7) is 1.46. The maximum absolute atomic E-state index is 11.8. The maximum Gasteiger partial charge on any atom is 0.316 e. The number of nitrogens with zero attached hydrogens (tertiary/aromatic N) is 3. The van der Waals surface area contributed by atoms with Crippen molar-refractivity contribution in [2.45, 2.75) is 13.0 Å². The van der Waals surface area contributed by atoms with E-state index in [9.17, 15) is 4.79 Å². The Morgan fingerprint density at radius 1 is 1.59 bits per heavy atom. The van der Waals surface area contributed by atoms with Crippen LogP contribution in [-0.2, 0) is 0 Å². The lowest BCUT2D eigenvalue weighted by Crippen LogP contribution is -2.35. The molecule has 3 N–H and O–H groups in total. The highest BCUT2D eigenvalue weighted by Crippen LogP contribution is 2.30. The zero-order valence-corrected chi connectivity index (χ0v) is 12.3. The van der Waals surface area contributed by atoms with Crippen molar-refractivity contribution in [1.29, 1.82) is 0 Å². The van der Waals surface area contributed by atoms with Crippen molar-refractivity contribution in [1.82, 2.24) is 25.4 Å². The highest BCUT2D eigenvalue weighted by molar-refractivity contribution is 6.37. The van der Waals surface area contributed by atoms with E-state index in [0.717, 1.165) is 5.39 Å². The van der Waals surface area contributed by atoms with Crippen molar-refractivity contribution in [3.05, 3.63) is 29.4 Å². The summed E-state index contributed by atoms with van der Waals surface area (Å²) in [4.78, 5) is 23.0. The Hall–Kier alpha value is -2.45. The number of hydrogen-bond acceptors (Lipinski definition) is 6. The molecule has 3 heterocycles. The highest BCUT2D eigenvalue weighted by Gasteiger charge is 2.20.